The van der Waals surface area contributed by atoms with Gasteiger partial charge in [-0.15, -0.1) is 0 Å². The van der Waals surface area contributed by atoms with Crippen LogP contribution in [-0.4, -0.2) is 39.0 Å². The van der Waals surface area contributed by atoms with Crippen LogP contribution in [0, 0.1) is 5.92 Å². The number of alkyl halides is 3. The maximum absolute atomic E-state index is 12.6. The molecule has 172 valence electrons. The molecule has 2 aromatic carbocycles. The van der Waals surface area contributed by atoms with Gasteiger partial charge in [-0.3, -0.25) is 4.72 Å². The Bertz CT molecular complexity index is 1170. The van der Waals surface area contributed by atoms with E-state index in [2.05, 4.69) is 9.71 Å². The predicted molar refractivity (Wildman–Crippen MR) is 115 cm³/mol. The molecule has 1 atom stereocenters. The molecule has 32 heavy (non-hydrogen) atoms. The van der Waals surface area contributed by atoms with Gasteiger partial charge in [0.05, 0.1) is 30.2 Å². The molecule has 0 bridgehead atoms. The molecule has 6 nitrogen and oxygen atoms in total. The number of hydrogen-bond donors (Lipinski definition) is 2. The molecule has 1 aliphatic rings. The van der Waals surface area contributed by atoms with Crippen LogP contribution in [0.2, 0.25) is 0 Å². The van der Waals surface area contributed by atoms with E-state index in [1.807, 2.05) is 18.2 Å². The highest BCUT2D eigenvalue weighted by molar-refractivity contribution is 7.92. The van der Waals surface area contributed by atoms with Gasteiger partial charge in [0.2, 0.25) is 10.0 Å². The Kier molecular flexibility index (Phi) is 6.34. The second kappa shape index (κ2) is 9.03. The zero-order valence-electron chi connectivity index (χ0n) is 17.1. The Morgan fingerprint density at radius 3 is 2.62 bits per heavy atom. The van der Waals surface area contributed by atoms with Gasteiger partial charge in [0.25, 0.3) is 0 Å². The fourth-order valence-electron chi connectivity index (χ4n) is 3.67. The molecule has 1 aliphatic heterocycles. The first-order chi connectivity index (χ1) is 15.2. The molecule has 0 amide bonds. The zero-order chi connectivity index (χ0) is 22.8. The van der Waals surface area contributed by atoms with E-state index >= 15 is 0 Å². The topological polar surface area (TPSA) is 80.4 Å². The summed E-state index contributed by atoms with van der Waals surface area (Å²) < 4.78 is 76.4. The number of fused-ring (bicyclic) bond motifs is 1. The fraction of sp³-hybridized carbons (Fsp3) is 0.364. The molecule has 1 unspecified atom stereocenters. The van der Waals surface area contributed by atoms with Crippen LogP contribution in [0.15, 0.2) is 48.7 Å². The molecule has 4 rings (SSSR count). The lowest BCUT2D eigenvalue weighted by molar-refractivity contribution is -0.137. The second-order valence-electron chi connectivity index (χ2n) is 7.82. The SMILES string of the molecule is O=S(=O)(CC1CCOC1)Nc1c[nH]c2ccc(CCOc3ccc(C(F)(F)F)cc3)cc12. The summed E-state index contributed by atoms with van der Waals surface area (Å²) in [7, 11) is -3.51. The highest BCUT2D eigenvalue weighted by Gasteiger charge is 2.30. The summed E-state index contributed by atoms with van der Waals surface area (Å²) in [4.78, 5) is 3.06. The van der Waals surface area contributed by atoms with Crippen molar-refractivity contribution in [2.24, 2.45) is 5.92 Å². The number of anilines is 1. The third-order valence-corrected chi connectivity index (χ3v) is 6.77. The van der Waals surface area contributed by atoms with Crippen molar-refractivity contribution in [2.45, 2.75) is 19.0 Å². The van der Waals surface area contributed by atoms with E-state index in [0.29, 0.717) is 31.1 Å². The van der Waals surface area contributed by atoms with E-state index in [0.717, 1.165) is 35.0 Å². The van der Waals surface area contributed by atoms with Gasteiger partial charge >= 0.3 is 6.18 Å². The molecular formula is C22H23F3N2O4S. The Morgan fingerprint density at radius 1 is 1.16 bits per heavy atom. The maximum Gasteiger partial charge on any atom is 0.416 e. The summed E-state index contributed by atoms with van der Waals surface area (Å²) in [5.74, 6) is 0.362. The molecule has 0 spiro atoms. The summed E-state index contributed by atoms with van der Waals surface area (Å²) in [6.45, 7) is 1.31. The van der Waals surface area contributed by atoms with E-state index < -0.39 is 21.8 Å². The summed E-state index contributed by atoms with van der Waals surface area (Å²) in [5, 5.41) is 0.739. The van der Waals surface area contributed by atoms with Crippen LogP contribution in [0.5, 0.6) is 5.75 Å². The van der Waals surface area contributed by atoms with Crippen molar-refractivity contribution in [1.29, 1.82) is 0 Å². The van der Waals surface area contributed by atoms with Gasteiger partial charge in [0.1, 0.15) is 5.75 Å². The number of H-pyrrole nitrogens is 1. The number of ether oxygens (including phenoxy) is 2. The van der Waals surface area contributed by atoms with E-state index in [1.165, 1.54) is 12.1 Å². The predicted octanol–water partition coefficient (Wildman–Crippen LogP) is 4.59. The van der Waals surface area contributed by atoms with Crippen LogP contribution >= 0.6 is 0 Å². The minimum atomic E-state index is -4.38. The minimum Gasteiger partial charge on any atom is -0.493 e. The first kappa shape index (κ1) is 22.5. The molecule has 0 radical (unpaired) electrons. The first-order valence-electron chi connectivity index (χ1n) is 10.2. The minimum absolute atomic E-state index is 0.00406. The summed E-state index contributed by atoms with van der Waals surface area (Å²) in [6, 6.07) is 10.2. The van der Waals surface area contributed by atoms with Crippen LogP contribution < -0.4 is 9.46 Å². The monoisotopic (exact) mass is 468 g/mol. The Morgan fingerprint density at radius 2 is 1.94 bits per heavy atom. The molecule has 1 saturated heterocycles. The van der Waals surface area contributed by atoms with Crippen LogP contribution in [0.1, 0.15) is 17.5 Å². The second-order valence-corrected chi connectivity index (χ2v) is 9.58. The van der Waals surface area contributed by atoms with Gasteiger partial charge in [0.15, 0.2) is 0 Å². The summed E-state index contributed by atoms with van der Waals surface area (Å²) >= 11 is 0. The molecule has 2 N–H and O–H groups in total. The molecule has 0 aliphatic carbocycles. The zero-order valence-corrected chi connectivity index (χ0v) is 17.9. The molecule has 10 heteroatoms. The number of nitrogens with one attached hydrogen (secondary N) is 2. The molecule has 2 heterocycles. The highest BCUT2D eigenvalue weighted by Crippen LogP contribution is 2.30. The highest BCUT2D eigenvalue weighted by atomic mass is 32.2. The van der Waals surface area contributed by atoms with Crippen LogP contribution in [0.25, 0.3) is 10.9 Å². The molecule has 1 fully saturated rings. The lowest BCUT2D eigenvalue weighted by Gasteiger charge is -2.11. The molecule has 1 aromatic heterocycles. The van der Waals surface area contributed by atoms with Gasteiger partial charge in [-0.25, -0.2) is 8.42 Å². The summed E-state index contributed by atoms with van der Waals surface area (Å²) in [6.07, 6.45) is -1.52. The van der Waals surface area contributed by atoms with E-state index in [-0.39, 0.29) is 18.3 Å². The Balaban J connectivity index is 1.39. The first-order valence-corrected chi connectivity index (χ1v) is 11.8. The van der Waals surface area contributed by atoms with E-state index in [1.54, 1.807) is 6.20 Å². The lowest BCUT2D eigenvalue weighted by atomic mass is 10.1. The van der Waals surface area contributed by atoms with Crippen LogP contribution in [0.4, 0.5) is 18.9 Å². The van der Waals surface area contributed by atoms with Gasteiger partial charge in [-0.05, 0) is 48.4 Å². The van der Waals surface area contributed by atoms with E-state index in [4.69, 9.17) is 9.47 Å². The van der Waals surface area contributed by atoms with Crippen LogP contribution in [0.3, 0.4) is 0 Å². The lowest BCUT2D eigenvalue weighted by Crippen LogP contribution is -2.22. The van der Waals surface area contributed by atoms with Crippen molar-refractivity contribution in [3.05, 3.63) is 59.8 Å². The number of aromatic amines is 1. The van der Waals surface area contributed by atoms with Gasteiger partial charge in [0, 0.05) is 36.0 Å². The number of hydrogen-bond acceptors (Lipinski definition) is 4. The van der Waals surface area contributed by atoms with Crippen molar-refractivity contribution in [3.8, 4) is 5.75 Å². The third kappa shape index (κ3) is 5.55. The van der Waals surface area contributed by atoms with Gasteiger partial charge in [-0.1, -0.05) is 6.07 Å². The van der Waals surface area contributed by atoms with E-state index in [9.17, 15) is 21.6 Å². The van der Waals surface area contributed by atoms with Crippen molar-refractivity contribution in [3.63, 3.8) is 0 Å². The normalized spacial score (nSPS) is 17.0. The maximum atomic E-state index is 12.6. The largest absolute Gasteiger partial charge is 0.493 e. The number of sulfonamides is 1. The number of benzene rings is 2. The number of aromatic nitrogens is 1. The quantitative estimate of drug-likeness (QED) is 0.507. The molecule has 0 saturated carbocycles. The smallest absolute Gasteiger partial charge is 0.416 e. The Labute approximate surface area is 183 Å². The summed E-state index contributed by atoms with van der Waals surface area (Å²) in [5.41, 5.74) is 1.45. The van der Waals surface area contributed by atoms with Crippen molar-refractivity contribution >= 4 is 26.6 Å². The van der Waals surface area contributed by atoms with Crippen molar-refractivity contribution in [1.82, 2.24) is 4.98 Å². The number of rotatable bonds is 8. The van der Waals surface area contributed by atoms with Crippen LogP contribution in [-0.2, 0) is 27.4 Å². The van der Waals surface area contributed by atoms with Crippen molar-refractivity contribution < 1.29 is 31.1 Å². The molecular weight excluding hydrogens is 445 g/mol. The van der Waals surface area contributed by atoms with Gasteiger partial charge < -0.3 is 14.5 Å². The number of halogens is 3. The van der Waals surface area contributed by atoms with Gasteiger partial charge in [-0.2, -0.15) is 13.2 Å². The Hall–Kier alpha value is -2.72. The fourth-order valence-corrected chi connectivity index (χ4v) is 5.14. The van der Waals surface area contributed by atoms with Crippen molar-refractivity contribution in [2.75, 3.05) is 30.3 Å². The average Bonchev–Trinajstić information content (AvgIpc) is 3.37. The molecule has 3 aromatic rings. The average molecular weight is 468 g/mol. The standard InChI is InChI=1S/C22H23F3N2O4S/c23-22(24,25)17-2-4-18(5-3-17)31-10-8-15-1-6-20-19(11-15)21(12-26-20)27-32(28,29)14-16-7-9-30-13-16/h1-6,11-12,16,26-27H,7-10,13-14H2. The third-order valence-electron chi connectivity index (χ3n) is 5.33.